The van der Waals surface area contributed by atoms with E-state index in [4.69, 9.17) is 0 Å². The Balaban J connectivity index is 1.58. The van der Waals surface area contributed by atoms with E-state index in [0.29, 0.717) is 6.42 Å². The van der Waals surface area contributed by atoms with Crippen LogP contribution in [0.5, 0.6) is 0 Å². The molecule has 2 aromatic rings. The molecule has 0 spiro atoms. The van der Waals surface area contributed by atoms with Crippen molar-refractivity contribution >= 4 is 17.6 Å². The Labute approximate surface area is 152 Å². The zero-order valence-corrected chi connectivity index (χ0v) is 14.7. The van der Waals surface area contributed by atoms with E-state index < -0.39 is 17.9 Å². The molecule has 0 saturated carbocycles. The second-order valence-corrected chi connectivity index (χ2v) is 7.16. The first kappa shape index (κ1) is 16.6. The van der Waals surface area contributed by atoms with Gasteiger partial charge in [0.15, 0.2) is 0 Å². The molecular formula is C21H22N2O3. The number of nitrogens with zero attached hydrogens (tertiary/aromatic N) is 1. The van der Waals surface area contributed by atoms with E-state index in [1.807, 2.05) is 55.6 Å². The Morgan fingerprint density at radius 1 is 1.08 bits per heavy atom. The Hall–Kier alpha value is -2.82. The number of carbonyl (C=O) groups is 2. The van der Waals surface area contributed by atoms with Crippen molar-refractivity contribution in [3.8, 4) is 0 Å². The monoisotopic (exact) mass is 350 g/mol. The van der Waals surface area contributed by atoms with Gasteiger partial charge >= 0.3 is 5.97 Å². The number of carboxylic acid groups (broad SMARTS) is 1. The maximum atomic E-state index is 13.0. The minimum Gasteiger partial charge on any atom is -0.481 e. The maximum Gasteiger partial charge on any atom is 0.313 e. The standard InChI is InChI=1S/C21H22N2O3/c1-23-11-10-16(15-8-4-5-9-18(15)23)20(24)22-17-12-13-6-2-3-7-14(13)19(17)21(25)26/h2-9,16-17,19H,10-12H2,1H3,(H,22,24)(H,25,26). The molecule has 0 bridgehead atoms. The third-order valence-electron chi connectivity index (χ3n) is 5.62. The number of carboxylic acids is 1. The minimum absolute atomic E-state index is 0.0744. The number of para-hydroxylation sites is 1. The molecule has 1 heterocycles. The topological polar surface area (TPSA) is 69.6 Å². The van der Waals surface area contributed by atoms with Crippen molar-refractivity contribution in [2.75, 3.05) is 18.5 Å². The Morgan fingerprint density at radius 3 is 2.54 bits per heavy atom. The van der Waals surface area contributed by atoms with Crippen molar-refractivity contribution in [2.24, 2.45) is 0 Å². The van der Waals surface area contributed by atoms with Crippen molar-refractivity contribution in [3.05, 3.63) is 65.2 Å². The molecule has 4 rings (SSSR count). The van der Waals surface area contributed by atoms with Gasteiger partial charge in [-0.2, -0.15) is 0 Å². The summed E-state index contributed by atoms with van der Waals surface area (Å²) >= 11 is 0. The number of hydrogen-bond acceptors (Lipinski definition) is 3. The van der Waals surface area contributed by atoms with Gasteiger partial charge in [-0.3, -0.25) is 9.59 Å². The van der Waals surface area contributed by atoms with Crippen LogP contribution in [0.15, 0.2) is 48.5 Å². The van der Waals surface area contributed by atoms with Gasteiger partial charge in [-0.25, -0.2) is 0 Å². The van der Waals surface area contributed by atoms with Crippen LogP contribution in [0.4, 0.5) is 5.69 Å². The molecule has 26 heavy (non-hydrogen) atoms. The van der Waals surface area contributed by atoms with Crippen LogP contribution < -0.4 is 10.2 Å². The van der Waals surface area contributed by atoms with Gasteiger partial charge in [0, 0.05) is 19.3 Å². The lowest BCUT2D eigenvalue weighted by Crippen LogP contribution is -2.44. The molecule has 2 aromatic carbocycles. The third-order valence-corrected chi connectivity index (χ3v) is 5.62. The highest BCUT2D eigenvalue weighted by molar-refractivity contribution is 5.88. The number of carbonyl (C=O) groups excluding carboxylic acids is 1. The molecule has 1 aliphatic heterocycles. The lowest BCUT2D eigenvalue weighted by atomic mass is 9.88. The van der Waals surface area contributed by atoms with Gasteiger partial charge < -0.3 is 15.3 Å². The first-order chi connectivity index (χ1) is 12.6. The van der Waals surface area contributed by atoms with E-state index in [0.717, 1.165) is 35.3 Å². The molecule has 1 amide bonds. The zero-order valence-electron chi connectivity index (χ0n) is 14.7. The molecule has 5 heteroatoms. The molecular weight excluding hydrogens is 328 g/mol. The molecule has 0 saturated heterocycles. The van der Waals surface area contributed by atoms with Gasteiger partial charge in [-0.15, -0.1) is 0 Å². The van der Waals surface area contributed by atoms with Gasteiger partial charge in [0.1, 0.15) is 5.92 Å². The van der Waals surface area contributed by atoms with Crippen molar-refractivity contribution in [2.45, 2.75) is 30.7 Å². The van der Waals surface area contributed by atoms with E-state index in [2.05, 4.69) is 10.2 Å². The second-order valence-electron chi connectivity index (χ2n) is 7.16. The first-order valence-corrected chi connectivity index (χ1v) is 8.97. The summed E-state index contributed by atoms with van der Waals surface area (Å²) in [5.74, 6) is -1.88. The average molecular weight is 350 g/mol. The number of fused-ring (bicyclic) bond motifs is 2. The van der Waals surface area contributed by atoms with E-state index in [1.165, 1.54) is 0 Å². The molecule has 2 aliphatic rings. The summed E-state index contributed by atoms with van der Waals surface area (Å²) in [5.41, 5.74) is 3.91. The molecule has 5 nitrogen and oxygen atoms in total. The SMILES string of the molecule is CN1CCC(C(=O)NC2Cc3ccccc3C2C(=O)O)c2ccccc21. The summed E-state index contributed by atoms with van der Waals surface area (Å²) in [7, 11) is 2.03. The van der Waals surface area contributed by atoms with Crippen molar-refractivity contribution in [1.29, 1.82) is 0 Å². The highest BCUT2D eigenvalue weighted by atomic mass is 16.4. The average Bonchev–Trinajstić information content (AvgIpc) is 3.00. The fourth-order valence-corrected chi connectivity index (χ4v) is 4.32. The smallest absolute Gasteiger partial charge is 0.313 e. The van der Waals surface area contributed by atoms with Gasteiger partial charge in [0.05, 0.1) is 12.0 Å². The van der Waals surface area contributed by atoms with Crippen LogP contribution in [0.2, 0.25) is 0 Å². The number of rotatable bonds is 3. The molecule has 3 unspecified atom stereocenters. The van der Waals surface area contributed by atoms with Gasteiger partial charge in [-0.1, -0.05) is 42.5 Å². The summed E-state index contributed by atoms with van der Waals surface area (Å²) in [5, 5.41) is 12.7. The van der Waals surface area contributed by atoms with Crippen LogP contribution in [0.1, 0.15) is 34.9 Å². The first-order valence-electron chi connectivity index (χ1n) is 8.97. The lowest BCUT2D eigenvalue weighted by Gasteiger charge is -2.33. The molecule has 2 N–H and O–H groups in total. The Kier molecular flexibility index (Phi) is 4.15. The van der Waals surface area contributed by atoms with Crippen molar-refractivity contribution in [3.63, 3.8) is 0 Å². The predicted octanol–water partition coefficient (Wildman–Crippen LogP) is 2.52. The number of benzene rings is 2. The summed E-state index contributed by atoms with van der Waals surface area (Å²) in [6.45, 7) is 0.808. The number of aliphatic carboxylic acids is 1. The maximum absolute atomic E-state index is 13.0. The van der Waals surface area contributed by atoms with Crippen LogP contribution in [-0.4, -0.2) is 36.6 Å². The van der Waals surface area contributed by atoms with Crippen molar-refractivity contribution in [1.82, 2.24) is 5.32 Å². The Morgan fingerprint density at radius 2 is 1.77 bits per heavy atom. The number of hydrogen-bond donors (Lipinski definition) is 2. The molecule has 0 aromatic heterocycles. The summed E-state index contributed by atoms with van der Waals surface area (Å²) in [4.78, 5) is 27.0. The normalized spacial score (nSPS) is 23.9. The molecule has 1 aliphatic carbocycles. The fraction of sp³-hybridized carbons (Fsp3) is 0.333. The van der Waals surface area contributed by atoms with Crippen LogP contribution in [0, 0.1) is 0 Å². The number of anilines is 1. The van der Waals surface area contributed by atoms with Crippen LogP contribution in [0.3, 0.4) is 0 Å². The van der Waals surface area contributed by atoms with E-state index >= 15 is 0 Å². The third kappa shape index (κ3) is 2.73. The van der Waals surface area contributed by atoms with E-state index in [-0.39, 0.29) is 11.8 Å². The van der Waals surface area contributed by atoms with Crippen LogP contribution >= 0.6 is 0 Å². The number of nitrogens with one attached hydrogen (secondary N) is 1. The van der Waals surface area contributed by atoms with Crippen LogP contribution in [-0.2, 0) is 16.0 Å². The van der Waals surface area contributed by atoms with Crippen molar-refractivity contribution < 1.29 is 14.7 Å². The zero-order chi connectivity index (χ0) is 18.3. The highest BCUT2D eigenvalue weighted by Gasteiger charge is 2.40. The van der Waals surface area contributed by atoms with Gasteiger partial charge in [0.25, 0.3) is 0 Å². The molecule has 134 valence electrons. The quantitative estimate of drug-likeness (QED) is 0.892. The van der Waals surface area contributed by atoms with Gasteiger partial charge in [-0.05, 0) is 35.6 Å². The van der Waals surface area contributed by atoms with E-state index in [1.54, 1.807) is 0 Å². The summed E-state index contributed by atoms with van der Waals surface area (Å²) < 4.78 is 0. The molecule has 3 atom stereocenters. The minimum atomic E-state index is -0.885. The highest BCUT2D eigenvalue weighted by Crippen LogP contribution is 2.37. The van der Waals surface area contributed by atoms with Crippen LogP contribution in [0.25, 0.3) is 0 Å². The van der Waals surface area contributed by atoms with E-state index in [9.17, 15) is 14.7 Å². The Bertz CT molecular complexity index is 864. The summed E-state index contributed by atoms with van der Waals surface area (Å²) in [6.07, 6.45) is 1.30. The second kappa shape index (κ2) is 6.48. The molecule has 0 radical (unpaired) electrons. The lowest BCUT2D eigenvalue weighted by molar-refractivity contribution is -0.139. The largest absolute Gasteiger partial charge is 0.481 e. The summed E-state index contributed by atoms with van der Waals surface area (Å²) in [6, 6.07) is 15.1. The fourth-order valence-electron chi connectivity index (χ4n) is 4.32. The van der Waals surface area contributed by atoms with Gasteiger partial charge in [0.2, 0.25) is 5.91 Å². The number of amides is 1. The molecule has 0 fully saturated rings. The predicted molar refractivity (Wildman–Crippen MR) is 99.5 cm³/mol.